The summed E-state index contributed by atoms with van der Waals surface area (Å²) in [7, 11) is -0.733. The molecule has 0 spiro atoms. The van der Waals surface area contributed by atoms with Crippen molar-refractivity contribution in [2.24, 2.45) is 5.92 Å². The molecule has 2 N–H and O–H groups in total. The van der Waals surface area contributed by atoms with Gasteiger partial charge in [-0.05, 0) is 43.1 Å². The van der Waals surface area contributed by atoms with Crippen molar-refractivity contribution in [2.75, 3.05) is 39.1 Å². The van der Waals surface area contributed by atoms with Gasteiger partial charge in [0, 0.05) is 19.2 Å². The fourth-order valence-electron chi connectivity index (χ4n) is 5.49. The number of pyridine rings is 1. The van der Waals surface area contributed by atoms with Crippen molar-refractivity contribution in [3.63, 3.8) is 0 Å². The number of sulfonamides is 1. The topological polar surface area (TPSA) is 151 Å². The number of fused-ring (bicyclic) bond motifs is 1. The fourth-order valence-corrected chi connectivity index (χ4v) is 7.82. The summed E-state index contributed by atoms with van der Waals surface area (Å²) >= 11 is 1.26. The van der Waals surface area contributed by atoms with Crippen molar-refractivity contribution >= 4 is 48.9 Å². The number of methoxy groups -OCH3 is 1. The Morgan fingerprint density at radius 2 is 1.85 bits per heavy atom. The number of amides is 1. The minimum atomic E-state index is -4.04. The van der Waals surface area contributed by atoms with Crippen LogP contribution in [-0.4, -0.2) is 84.8 Å². The third kappa shape index (κ3) is 6.61. The van der Waals surface area contributed by atoms with Crippen molar-refractivity contribution < 1.29 is 32.6 Å². The number of hydrogen-bond acceptors (Lipinski definition) is 10. The Morgan fingerprint density at radius 1 is 1.12 bits per heavy atom. The van der Waals surface area contributed by atoms with Gasteiger partial charge in [0.25, 0.3) is 0 Å². The minimum absolute atomic E-state index is 0.0102. The number of nitrogens with one attached hydrogen (secondary N) is 1. The molecular weight excluding hydrogens is 570 g/mol. The largest absolute Gasteiger partial charge is 0.507 e. The molecule has 3 aromatic rings. The summed E-state index contributed by atoms with van der Waals surface area (Å²) in [5.74, 6) is 0.143. The first-order valence-electron chi connectivity index (χ1n) is 13.5. The van der Waals surface area contributed by atoms with E-state index >= 15 is 0 Å². The number of benzene rings is 1. The summed E-state index contributed by atoms with van der Waals surface area (Å²) in [5.41, 5.74) is 1.35. The number of piperazine rings is 1. The zero-order valence-electron chi connectivity index (χ0n) is 22.9. The molecule has 2 atom stereocenters. The second-order valence-electron chi connectivity index (χ2n) is 10.4. The van der Waals surface area contributed by atoms with Crippen LogP contribution in [0.4, 0.5) is 9.93 Å². The maximum Gasteiger partial charge on any atom is 0.507 e. The maximum atomic E-state index is 13.6. The van der Waals surface area contributed by atoms with Crippen molar-refractivity contribution in [3.8, 4) is 5.88 Å². The number of aromatic nitrogens is 2. The van der Waals surface area contributed by atoms with Crippen LogP contribution in [0.2, 0.25) is 0 Å². The first-order valence-corrected chi connectivity index (χ1v) is 15.7. The number of carbonyl (C=O) groups excluding carboxylic acids is 1. The molecule has 1 aliphatic carbocycles. The number of thiazole rings is 1. The Morgan fingerprint density at radius 3 is 2.54 bits per heavy atom. The van der Waals surface area contributed by atoms with Gasteiger partial charge in [0.1, 0.15) is 10.3 Å². The number of carbonyl (C=O) groups is 2. The first kappa shape index (κ1) is 29.2. The summed E-state index contributed by atoms with van der Waals surface area (Å²) in [5, 5.41) is 12.5. The van der Waals surface area contributed by atoms with E-state index in [0.717, 1.165) is 30.0 Å². The monoisotopic (exact) mass is 603 g/mol. The molecule has 0 bridgehead atoms. The molecule has 5 rings (SSSR count). The lowest BCUT2D eigenvalue weighted by atomic mass is 9.87. The normalized spacial score (nSPS) is 19.7. The smallest absolute Gasteiger partial charge is 0.481 e. The van der Waals surface area contributed by atoms with E-state index in [1.54, 1.807) is 31.3 Å². The zero-order valence-corrected chi connectivity index (χ0v) is 24.5. The third-order valence-corrected chi connectivity index (χ3v) is 10.4. The zero-order chi connectivity index (χ0) is 29.1. The van der Waals surface area contributed by atoms with E-state index < -0.39 is 28.3 Å². The number of rotatable bonds is 9. The third-order valence-electron chi connectivity index (χ3n) is 7.65. The summed E-state index contributed by atoms with van der Waals surface area (Å²) in [6.07, 6.45) is 2.32. The van der Waals surface area contributed by atoms with E-state index in [9.17, 15) is 18.0 Å². The molecule has 12 nitrogen and oxygen atoms in total. The molecule has 3 heterocycles. The van der Waals surface area contributed by atoms with E-state index in [-0.39, 0.29) is 23.9 Å². The maximum absolute atomic E-state index is 13.6. The quantitative estimate of drug-likeness (QED) is 0.344. The highest BCUT2D eigenvalue weighted by Gasteiger charge is 2.38. The van der Waals surface area contributed by atoms with Crippen LogP contribution in [-0.2, 0) is 19.6 Å². The van der Waals surface area contributed by atoms with Crippen LogP contribution >= 0.6 is 11.3 Å². The standard InChI is InChI=1S/C27H33N5O7S2/c1-31-13-14-32(23(16-31)39-27(34)35)41(36,37)19-9-7-18(8-10-19)20(15-17-5-3-4-6-17)24(33)30-26-28-21-11-12-22(38-2)29-25(21)40-26/h7-12,17,20,23H,3-6,13-16H2,1-2H3,(H,34,35)(H,28,30,33)/t20-,23?/m1/s1. The average molecular weight is 604 g/mol. The Hall–Kier alpha value is -3.33. The van der Waals surface area contributed by atoms with E-state index in [1.807, 2.05) is 4.90 Å². The van der Waals surface area contributed by atoms with Crippen molar-refractivity contribution in [1.82, 2.24) is 19.2 Å². The Balaban J connectivity index is 1.38. The van der Waals surface area contributed by atoms with Crippen LogP contribution in [0.1, 0.15) is 43.6 Å². The number of carboxylic acid groups (broad SMARTS) is 1. The van der Waals surface area contributed by atoms with E-state index in [0.29, 0.717) is 45.8 Å². The average Bonchev–Trinajstić information content (AvgIpc) is 3.60. The first-order chi connectivity index (χ1) is 19.6. The molecule has 1 amide bonds. The molecule has 2 aliphatic rings. The predicted octanol–water partition coefficient (Wildman–Crippen LogP) is 3.96. The van der Waals surface area contributed by atoms with Gasteiger partial charge < -0.3 is 19.9 Å². The Kier molecular flexibility index (Phi) is 8.73. The molecular formula is C27H33N5O7S2. The van der Waals surface area contributed by atoms with Crippen LogP contribution in [0, 0.1) is 5.92 Å². The van der Waals surface area contributed by atoms with Crippen LogP contribution in [0.25, 0.3) is 10.3 Å². The second-order valence-corrected chi connectivity index (χ2v) is 13.3. The van der Waals surface area contributed by atoms with Gasteiger partial charge in [0.2, 0.25) is 21.8 Å². The van der Waals surface area contributed by atoms with Crippen LogP contribution in [0.15, 0.2) is 41.3 Å². The fraction of sp³-hybridized carbons (Fsp3) is 0.481. The summed E-state index contributed by atoms with van der Waals surface area (Å²) in [6, 6.07) is 9.78. The van der Waals surface area contributed by atoms with Crippen molar-refractivity contribution in [2.45, 2.75) is 49.1 Å². The van der Waals surface area contributed by atoms with Crippen molar-refractivity contribution in [1.29, 1.82) is 0 Å². The van der Waals surface area contributed by atoms with Gasteiger partial charge in [-0.25, -0.2) is 23.2 Å². The lowest BCUT2D eigenvalue weighted by Gasteiger charge is -2.37. The molecule has 0 radical (unpaired) electrons. The Labute approximate surface area is 242 Å². The van der Waals surface area contributed by atoms with Gasteiger partial charge in [-0.15, -0.1) is 0 Å². The second kappa shape index (κ2) is 12.3. The molecule has 1 aromatic carbocycles. The number of anilines is 1. The molecule has 41 heavy (non-hydrogen) atoms. The highest BCUT2D eigenvalue weighted by molar-refractivity contribution is 7.89. The van der Waals surface area contributed by atoms with Gasteiger partial charge in [-0.2, -0.15) is 4.31 Å². The summed E-state index contributed by atoms with van der Waals surface area (Å²) in [6.45, 7) is 0.657. The Bertz CT molecular complexity index is 1510. The molecule has 1 saturated carbocycles. The highest BCUT2D eigenvalue weighted by Crippen LogP contribution is 2.36. The molecule has 1 saturated heterocycles. The number of likely N-dealkylation sites (N-methyl/N-ethyl adjacent to an activating group) is 1. The van der Waals surface area contributed by atoms with Gasteiger partial charge in [0.15, 0.2) is 11.4 Å². The summed E-state index contributed by atoms with van der Waals surface area (Å²) < 4.78 is 38.1. The van der Waals surface area contributed by atoms with Crippen LogP contribution < -0.4 is 10.1 Å². The minimum Gasteiger partial charge on any atom is -0.481 e. The van der Waals surface area contributed by atoms with Gasteiger partial charge in [0.05, 0.1) is 24.5 Å². The lowest BCUT2D eigenvalue weighted by Crippen LogP contribution is -2.55. The van der Waals surface area contributed by atoms with E-state index in [2.05, 4.69) is 15.3 Å². The molecule has 14 heteroatoms. The number of nitrogens with zero attached hydrogens (tertiary/aromatic N) is 4. The van der Waals surface area contributed by atoms with E-state index in [4.69, 9.17) is 14.6 Å². The molecule has 220 valence electrons. The van der Waals surface area contributed by atoms with Gasteiger partial charge in [-0.3, -0.25) is 9.69 Å². The van der Waals surface area contributed by atoms with Crippen LogP contribution in [0.5, 0.6) is 5.88 Å². The van der Waals surface area contributed by atoms with E-state index in [1.165, 1.54) is 30.6 Å². The van der Waals surface area contributed by atoms with Gasteiger partial charge in [-0.1, -0.05) is 49.2 Å². The number of ether oxygens (including phenoxy) is 2. The van der Waals surface area contributed by atoms with Gasteiger partial charge >= 0.3 is 6.16 Å². The number of hydrogen-bond donors (Lipinski definition) is 2. The molecule has 2 fully saturated rings. The lowest BCUT2D eigenvalue weighted by molar-refractivity contribution is -0.118. The van der Waals surface area contributed by atoms with Crippen molar-refractivity contribution in [3.05, 3.63) is 42.0 Å². The molecule has 1 aliphatic heterocycles. The molecule has 1 unspecified atom stereocenters. The summed E-state index contributed by atoms with van der Waals surface area (Å²) in [4.78, 5) is 36.2. The van der Waals surface area contributed by atoms with Crippen LogP contribution in [0.3, 0.4) is 0 Å². The predicted molar refractivity (Wildman–Crippen MR) is 153 cm³/mol. The highest BCUT2D eigenvalue weighted by atomic mass is 32.2. The SMILES string of the molecule is COc1ccc2nc(NC(=O)[C@H](CC3CCCC3)c3ccc(S(=O)(=O)N4CCN(C)CC4OC(=O)O)cc3)sc2n1. The molecule has 2 aromatic heterocycles.